The number of hydrogen-bond donors (Lipinski definition) is 0. The molecule has 19 heteroatoms. The summed E-state index contributed by atoms with van der Waals surface area (Å²) in [7, 11) is 13.5. The van der Waals surface area contributed by atoms with Gasteiger partial charge in [-0.2, -0.15) is 27.4 Å². The number of anilines is 3. The molecule has 0 aliphatic carbocycles. The van der Waals surface area contributed by atoms with Gasteiger partial charge < -0.3 is 18.8 Å². The van der Waals surface area contributed by atoms with Crippen molar-refractivity contribution < 1.29 is 59.3 Å². The van der Waals surface area contributed by atoms with Crippen molar-refractivity contribution in [2.75, 3.05) is 4.90 Å². The molecule has 0 bridgehead atoms. The molecular formula is C96H63Cl3N12OPd3. The van der Waals surface area contributed by atoms with Crippen molar-refractivity contribution in [2.24, 2.45) is 0 Å². The Morgan fingerprint density at radius 2 is 0.670 bits per heavy atom. The maximum absolute atomic E-state index is 6.21. The molecule has 0 unspecified atom stereocenters. The average molecular weight is 1830 g/mol. The molecule has 115 heavy (non-hydrogen) atoms. The van der Waals surface area contributed by atoms with Gasteiger partial charge >= 0.3 is 83.1 Å². The number of ether oxygens (including phenoxy) is 1. The van der Waals surface area contributed by atoms with Crippen LogP contribution in [0.4, 0.5) is 17.2 Å². The van der Waals surface area contributed by atoms with Crippen LogP contribution in [0.25, 0.3) is 139 Å². The smallest absolute Gasteiger partial charge is 0.143 e. The van der Waals surface area contributed by atoms with Gasteiger partial charge in [0.05, 0.1) is 29.8 Å². The molecule has 0 fully saturated rings. The summed E-state index contributed by atoms with van der Waals surface area (Å²) in [6.45, 7) is 0. The number of hydrogen-bond acceptors (Lipinski definition) is 8. The number of benzene rings is 12. The largest absolute Gasteiger partial charge is 0.513 e. The van der Waals surface area contributed by atoms with Crippen LogP contribution in [0.5, 0.6) is 11.5 Å². The fourth-order valence-electron chi connectivity index (χ4n) is 14.3. The third kappa shape index (κ3) is 16.4. The number of aromatic nitrogens is 11. The van der Waals surface area contributed by atoms with Crippen molar-refractivity contribution in [3.63, 3.8) is 0 Å². The average Bonchev–Trinajstić information content (AvgIpc) is 1.72. The van der Waals surface area contributed by atoms with Crippen molar-refractivity contribution in [3.8, 4) is 107 Å². The maximum Gasteiger partial charge on any atom is 0.143 e. The van der Waals surface area contributed by atoms with Crippen LogP contribution in [0.15, 0.2) is 383 Å². The number of pyridine rings is 3. The molecule has 12 aromatic carbocycles. The summed E-state index contributed by atoms with van der Waals surface area (Å²) in [5.74, 6) is 3.17. The van der Waals surface area contributed by atoms with Gasteiger partial charge in [0.1, 0.15) is 23.0 Å². The van der Waals surface area contributed by atoms with Crippen LogP contribution in [0, 0.1) is 18.2 Å². The van der Waals surface area contributed by atoms with Crippen LogP contribution in [-0.2, 0) is 54.5 Å². The summed E-state index contributed by atoms with van der Waals surface area (Å²) < 4.78 is 16.2. The van der Waals surface area contributed by atoms with Crippen LogP contribution < -0.4 is 9.64 Å². The van der Waals surface area contributed by atoms with Gasteiger partial charge in [0, 0.05) is 75.9 Å². The van der Waals surface area contributed by atoms with E-state index in [1.165, 1.54) is 44.2 Å². The van der Waals surface area contributed by atoms with E-state index in [-0.39, 0.29) is 0 Å². The minimum atomic E-state index is 0.719. The Labute approximate surface area is 709 Å². The predicted octanol–water partition coefficient (Wildman–Crippen LogP) is 25.0. The number of rotatable bonds is 12. The van der Waals surface area contributed by atoms with E-state index in [2.05, 4.69) is 371 Å². The fraction of sp³-hybridized carbons (Fsp3) is 0. The van der Waals surface area contributed by atoms with E-state index < -0.39 is 0 Å². The Kier molecular flexibility index (Phi) is 24.2. The van der Waals surface area contributed by atoms with Gasteiger partial charge in [0.25, 0.3) is 0 Å². The van der Waals surface area contributed by atoms with E-state index in [4.69, 9.17) is 9.72 Å². The number of para-hydroxylation sites is 4. The fourth-order valence-corrected chi connectivity index (χ4v) is 14.3. The standard InChI is InChI=1S/C32H21N4O.2C32H21N4.3ClH.3Pd/c1-2-8-23(9-3-1)24-13-15-25(16-14-24)26-21-34-35(22-26)27-17-18-31-29(20-27)36(32-12-6-7-19-33-32)28-10-4-5-11-30(28)37-31;1-2-8-23(9-3-1)24-15-17-25(18-16-24)26-21-34-35(22-26)27-10-6-11-28(20-27)36-31-14-5-4-12-29(31)30-13-7-19-33-32(30)36;1-2-8-23(9-3-1)24-13-15-25(16-14-24)26-21-34-35(22-26)27-17-18-29-28-10-4-5-11-30(28)36(31(29)20-27)32-12-6-7-19-33-32;;;;;;/h1-19,21-22H;2*1-19,21-22H;3*1H;;;/q3*-1;;;;3*+2/p-3. The van der Waals surface area contributed by atoms with Crippen molar-refractivity contribution >= 4 is 89.5 Å². The maximum atomic E-state index is 6.21. The van der Waals surface area contributed by atoms with E-state index in [1.54, 1.807) is 6.20 Å². The van der Waals surface area contributed by atoms with E-state index in [1.807, 2.05) is 160 Å². The van der Waals surface area contributed by atoms with Crippen molar-refractivity contribution in [1.29, 1.82) is 0 Å². The molecule has 8 aromatic heterocycles. The molecule has 13 nitrogen and oxygen atoms in total. The quantitative estimate of drug-likeness (QED) is 0.0878. The number of fused-ring (bicyclic) bond motifs is 8. The Morgan fingerprint density at radius 1 is 0.270 bits per heavy atom. The second-order valence-electron chi connectivity index (χ2n) is 26.3. The molecule has 0 saturated heterocycles. The first kappa shape index (κ1) is 76.7. The van der Waals surface area contributed by atoms with Gasteiger partial charge in [-0.1, -0.05) is 236 Å². The molecule has 9 heterocycles. The number of nitrogens with zero attached hydrogens (tertiary/aromatic N) is 12. The first-order chi connectivity index (χ1) is 57.0. The van der Waals surface area contributed by atoms with Crippen molar-refractivity contribution in [1.82, 2.24) is 53.4 Å². The molecule has 0 spiro atoms. The first-order valence-corrected chi connectivity index (χ1v) is 42.3. The summed E-state index contributed by atoms with van der Waals surface area (Å²) in [5.41, 5.74) is 23.1. The number of halogens is 3. The van der Waals surface area contributed by atoms with Crippen molar-refractivity contribution in [3.05, 3.63) is 402 Å². The Hall–Kier alpha value is -12.2. The second-order valence-corrected chi connectivity index (χ2v) is 26.3. The predicted molar refractivity (Wildman–Crippen MR) is 454 cm³/mol. The van der Waals surface area contributed by atoms with E-state index in [0.29, 0.717) is 0 Å². The van der Waals surface area contributed by atoms with Gasteiger partial charge in [-0.25, -0.2) is 15.0 Å². The summed E-state index contributed by atoms with van der Waals surface area (Å²) in [4.78, 5) is 16.0. The van der Waals surface area contributed by atoms with Gasteiger partial charge in [-0.15, -0.1) is 53.9 Å². The molecular weight excluding hydrogens is 1760 g/mol. The van der Waals surface area contributed by atoms with Crippen LogP contribution in [0.2, 0.25) is 0 Å². The summed E-state index contributed by atoms with van der Waals surface area (Å²) >= 11 is 6.67. The van der Waals surface area contributed by atoms with Gasteiger partial charge in [-0.3, -0.25) is 14.0 Å². The van der Waals surface area contributed by atoms with E-state index in [0.717, 1.165) is 124 Å². The molecule has 0 radical (unpaired) electrons. The summed E-state index contributed by atoms with van der Waals surface area (Å²) in [5, 5.41) is 18.6. The molecule has 1 aliphatic heterocycles. The molecule has 1 aliphatic rings. The Morgan fingerprint density at radius 3 is 1.19 bits per heavy atom. The third-order valence-electron chi connectivity index (χ3n) is 19.7. The molecule has 21 rings (SSSR count). The first-order valence-electron chi connectivity index (χ1n) is 36.3. The summed E-state index contributed by atoms with van der Waals surface area (Å²) in [6, 6.07) is 123. The molecule has 0 N–H and O–H groups in total. The topological polar surface area (TPSA) is 114 Å². The normalized spacial score (nSPS) is 11.1. The SMILES string of the molecule is [Cl][Pd+].[Cl][Pd+].[Cl][Pd+].[c-]1c(-n2cc(-c3ccc(-c4ccccc4)cc3)cn2)ccc2c1N(c1ccccn1)c1ccccc1O2.[c-]1c(-n2cc(-c3ccc(-c4ccccc4)cc3)cn2)ccc2c3ccccc3n(-c3ccccn3)c12.[c-]1c(-n2cc(-c3ccc(-c4ccccc4)cc3)cn2)cccc1-n1c2ccccc2c2cccnc21. The minimum absolute atomic E-state index is 0.719. The zero-order valence-electron chi connectivity index (χ0n) is 60.7. The molecule has 0 amide bonds. The van der Waals surface area contributed by atoms with E-state index in [9.17, 15) is 0 Å². The van der Waals surface area contributed by atoms with Crippen LogP contribution >= 0.6 is 28.6 Å². The Bertz CT molecular complexity index is 6600. The van der Waals surface area contributed by atoms with E-state index >= 15 is 0 Å². The third-order valence-corrected chi connectivity index (χ3v) is 19.7. The van der Waals surface area contributed by atoms with Gasteiger partial charge in [0.15, 0.2) is 0 Å². The van der Waals surface area contributed by atoms with Crippen molar-refractivity contribution in [2.45, 2.75) is 0 Å². The summed E-state index contributed by atoms with van der Waals surface area (Å²) in [6.07, 6.45) is 17.3. The minimum Gasteiger partial charge on any atom is -0.513 e. The van der Waals surface area contributed by atoms with Crippen LogP contribution in [0.3, 0.4) is 0 Å². The second kappa shape index (κ2) is 36.3. The van der Waals surface area contributed by atoms with Crippen LogP contribution in [0.1, 0.15) is 0 Å². The van der Waals surface area contributed by atoms with Gasteiger partial charge in [0.2, 0.25) is 0 Å². The molecule has 564 valence electrons. The zero-order chi connectivity index (χ0) is 78.4. The zero-order valence-corrected chi connectivity index (χ0v) is 67.7. The molecule has 20 aromatic rings. The molecule has 0 saturated carbocycles. The van der Waals surface area contributed by atoms with Crippen LogP contribution in [-0.4, -0.2) is 53.4 Å². The monoisotopic (exact) mass is 1820 g/mol. The molecule has 0 atom stereocenters. The van der Waals surface area contributed by atoms with Gasteiger partial charge in [-0.05, 0) is 139 Å². The Balaban J connectivity index is 0.000000125.